The Hall–Kier alpha value is -1.50. The molecule has 0 aliphatic carbocycles. The van der Waals surface area contributed by atoms with E-state index in [2.05, 4.69) is 4.90 Å². The molecule has 0 saturated carbocycles. The molecule has 0 N–H and O–H groups in total. The van der Waals surface area contributed by atoms with Gasteiger partial charge in [0.1, 0.15) is 5.60 Å². The molecule has 0 radical (unpaired) electrons. The van der Waals surface area contributed by atoms with Gasteiger partial charge in [0.05, 0.1) is 6.61 Å². The number of piperazine rings is 1. The highest BCUT2D eigenvalue weighted by Gasteiger charge is 2.34. The highest BCUT2D eigenvalue weighted by molar-refractivity contribution is 5.68. The zero-order valence-electron chi connectivity index (χ0n) is 14.7. The predicted molar refractivity (Wildman–Crippen MR) is 86.4 cm³/mol. The number of nitrogens with zero attached hydrogens (tertiary/aromatic N) is 3. The van der Waals surface area contributed by atoms with E-state index in [-0.39, 0.29) is 12.2 Å². The van der Waals surface area contributed by atoms with Crippen molar-refractivity contribution in [3.63, 3.8) is 0 Å². The zero-order valence-corrected chi connectivity index (χ0v) is 14.7. The fourth-order valence-corrected chi connectivity index (χ4v) is 3.02. The predicted octanol–water partition coefficient (Wildman–Crippen LogP) is 1.77. The molecule has 2 saturated heterocycles. The summed E-state index contributed by atoms with van der Waals surface area (Å²) in [5.74, 6) is 0. The van der Waals surface area contributed by atoms with Crippen LogP contribution in [0.3, 0.4) is 0 Å². The monoisotopic (exact) mass is 327 g/mol. The highest BCUT2D eigenvalue weighted by atomic mass is 16.6. The van der Waals surface area contributed by atoms with Crippen molar-refractivity contribution >= 4 is 12.2 Å². The number of likely N-dealkylation sites (tertiary alicyclic amines) is 1. The maximum atomic E-state index is 12.1. The van der Waals surface area contributed by atoms with E-state index in [1.165, 1.54) is 0 Å². The van der Waals surface area contributed by atoms with Crippen LogP contribution in [-0.2, 0) is 9.47 Å². The van der Waals surface area contributed by atoms with Gasteiger partial charge in [0, 0.05) is 45.3 Å². The first-order valence-corrected chi connectivity index (χ1v) is 8.44. The molecule has 2 heterocycles. The third kappa shape index (κ3) is 4.99. The lowest BCUT2D eigenvalue weighted by Crippen LogP contribution is -2.52. The first-order chi connectivity index (χ1) is 10.8. The third-order valence-corrected chi connectivity index (χ3v) is 4.17. The number of ether oxygens (including phenoxy) is 2. The Kier molecular flexibility index (Phi) is 5.73. The number of amides is 2. The van der Waals surface area contributed by atoms with Crippen molar-refractivity contribution in [3.05, 3.63) is 0 Å². The van der Waals surface area contributed by atoms with Gasteiger partial charge >= 0.3 is 12.2 Å². The van der Waals surface area contributed by atoms with Crippen LogP contribution < -0.4 is 0 Å². The average Bonchev–Trinajstić information content (AvgIpc) is 2.96. The second-order valence-electron chi connectivity index (χ2n) is 7.09. The van der Waals surface area contributed by atoms with Gasteiger partial charge in [-0.1, -0.05) is 0 Å². The Morgan fingerprint density at radius 3 is 2.22 bits per heavy atom. The maximum absolute atomic E-state index is 12.1. The molecule has 1 unspecified atom stereocenters. The highest BCUT2D eigenvalue weighted by Crippen LogP contribution is 2.20. The van der Waals surface area contributed by atoms with Gasteiger partial charge in [0.2, 0.25) is 0 Å². The van der Waals surface area contributed by atoms with Crippen molar-refractivity contribution in [2.75, 3.05) is 45.9 Å². The molecule has 7 nitrogen and oxygen atoms in total. The van der Waals surface area contributed by atoms with Crippen molar-refractivity contribution in [1.29, 1.82) is 0 Å². The molecule has 7 heteroatoms. The quantitative estimate of drug-likeness (QED) is 0.773. The molecule has 2 rings (SSSR count). The fraction of sp³-hybridized carbons (Fsp3) is 0.875. The van der Waals surface area contributed by atoms with Gasteiger partial charge in [-0.2, -0.15) is 0 Å². The number of rotatable bonds is 2. The molecule has 2 fully saturated rings. The first-order valence-electron chi connectivity index (χ1n) is 8.44. The third-order valence-electron chi connectivity index (χ3n) is 4.17. The maximum Gasteiger partial charge on any atom is 0.410 e. The van der Waals surface area contributed by atoms with Gasteiger partial charge in [-0.15, -0.1) is 0 Å². The second kappa shape index (κ2) is 7.38. The number of carbonyl (C=O) groups excluding carboxylic acids is 2. The van der Waals surface area contributed by atoms with Crippen LogP contribution in [0.1, 0.15) is 34.1 Å². The summed E-state index contributed by atoms with van der Waals surface area (Å²) in [5, 5.41) is 0. The van der Waals surface area contributed by atoms with Crippen LogP contribution in [-0.4, -0.2) is 84.4 Å². The standard InChI is InChI=1S/C16H29N3O4/c1-5-22-14(20)18-10-8-17(9-11-18)13-6-7-19(12-13)15(21)23-16(2,3)4/h13H,5-12H2,1-4H3. The van der Waals surface area contributed by atoms with Gasteiger partial charge in [-0.3, -0.25) is 4.90 Å². The zero-order chi connectivity index (χ0) is 17.0. The summed E-state index contributed by atoms with van der Waals surface area (Å²) in [5.41, 5.74) is -0.458. The smallest absolute Gasteiger partial charge is 0.410 e. The van der Waals surface area contributed by atoms with Crippen LogP contribution in [0.5, 0.6) is 0 Å². The van der Waals surface area contributed by atoms with Crippen LogP contribution in [0.4, 0.5) is 9.59 Å². The minimum Gasteiger partial charge on any atom is -0.450 e. The lowest BCUT2D eigenvalue weighted by molar-refractivity contribution is 0.0269. The SMILES string of the molecule is CCOC(=O)N1CCN(C2CCN(C(=O)OC(C)(C)C)C2)CC1. The van der Waals surface area contributed by atoms with Crippen LogP contribution in [0.2, 0.25) is 0 Å². The molecule has 0 aromatic heterocycles. The topological polar surface area (TPSA) is 62.3 Å². The molecule has 0 aromatic carbocycles. The molecule has 0 bridgehead atoms. The Morgan fingerprint density at radius 2 is 1.65 bits per heavy atom. The van der Waals surface area contributed by atoms with Crippen LogP contribution in [0.15, 0.2) is 0 Å². The summed E-state index contributed by atoms with van der Waals surface area (Å²) in [6.45, 7) is 12.3. The number of hydrogen-bond acceptors (Lipinski definition) is 5. The van der Waals surface area contributed by atoms with Gasteiger partial charge in [-0.05, 0) is 34.1 Å². The molecule has 2 amide bonds. The van der Waals surface area contributed by atoms with E-state index in [9.17, 15) is 9.59 Å². The summed E-state index contributed by atoms with van der Waals surface area (Å²) in [4.78, 5) is 29.7. The normalized spacial score (nSPS) is 23.0. The average molecular weight is 327 g/mol. The summed E-state index contributed by atoms with van der Waals surface area (Å²) in [7, 11) is 0. The minimum absolute atomic E-state index is 0.228. The van der Waals surface area contributed by atoms with E-state index in [0.29, 0.717) is 32.3 Å². The lowest BCUT2D eigenvalue weighted by Gasteiger charge is -2.37. The van der Waals surface area contributed by atoms with Gasteiger partial charge < -0.3 is 19.3 Å². The Labute approximate surface area is 138 Å². The summed E-state index contributed by atoms with van der Waals surface area (Å²) in [6.07, 6.45) is 0.498. The molecular formula is C16H29N3O4. The van der Waals surface area contributed by atoms with Crippen LogP contribution >= 0.6 is 0 Å². The molecule has 2 aliphatic heterocycles. The molecular weight excluding hydrogens is 298 g/mol. The Bertz CT molecular complexity index is 428. The fourth-order valence-electron chi connectivity index (χ4n) is 3.02. The largest absolute Gasteiger partial charge is 0.450 e. The lowest BCUT2D eigenvalue weighted by atomic mass is 10.2. The van der Waals surface area contributed by atoms with Gasteiger partial charge in [-0.25, -0.2) is 9.59 Å². The minimum atomic E-state index is -0.458. The van der Waals surface area contributed by atoms with Crippen LogP contribution in [0, 0.1) is 0 Å². The number of carbonyl (C=O) groups is 2. The van der Waals surface area contributed by atoms with Gasteiger partial charge in [0.15, 0.2) is 0 Å². The number of hydrogen-bond donors (Lipinski definition) is 0. The van der Waals surface area contributed by atoms with Crippen molar-refractivity contribution in [2.24, 2.45) is 0 Å². The molecule has 23 heavy (non-hydrogen) atoms. The molecule has 132 valence electrons. The molecule has 1 atom stereocenters. The van der Waals surface area contributed by atoms with E-state index in [1.54, 1.807) is 9.80 Å². The van der Waals surface area contributed by atoms with Crippen molar-refractivity contribution in [1.82, 2.24) is 14.7 Å². The van der Waals surface area contributed by atoms with E-state index >= 15 is 0 Å². The summed E-state index contributed by atoms with van der Waals surface area (Å²) >= 11 is 0. The van der Waals surface area contributed by atoms with E-state index in [4.69, 9.17) is 9.47 Å². The van der Waals surface area contributed by atoms with Crippen molar-refractivity contribution in [2.45, 2.75) is 45.8 Å². The second-order valence-corrected chi connectivity index (χ2v) is 7.09. The molecule has 2 aliphatic rings. The molecule has 0 spiro atoms. The van der Waals surface area contributed by atoms with E-state index < -0.39 is 5.60 Å². The molecule has 0 aromatic rings. The first kappa shape index (κ1) is 17.8. The van der Waals surface area contributed by atoms with Crippen LogP contribution in [0.25, 0.3) is 0 Å². The van der Waals surface area contributed by atoms with Crippen molar-refractivity contribution in [3.8, 4) is 0 Å². The van der Waals surface area contributed by atoms with Crippen molar-refractivity contribution < 1.29 is 19.1 Å². The van der Waals surface area contributed by atoms with E-state index in [0.717, 1.165) is 26.1 Å². The van der Waals surface area contributed by atoms with E-state index in [1.807, 2.05) is 27.7 Å². The Morgan fingerprint density at radius 1 is 1.00 bits per heavy atom. The summed E-state index contributed by atoms with van der Waals surface area (Å²) in [6, 6.07) is 0.354. The van der Waals surface area contributed by atoms with Gasteiger partial charge in [0.25, 0.3) is 0 Å². The summed E-state index contributed by atoms with van der Waals surface area (Å²) < 4.78 is 10.5. The Balaban J connectivity index is 1.78.